The van der Waals surface area contributed by atoms with Gasteiger partial charge in [-0.1, -0.05) is 0 Å². The second-order valence-corrected chi connectivity index (χ2v) is 4.64. The number of carboxylic acid groups (broad SMARTS) is 1. The van der Waals surface area contributed by atoms with Crippen molar-refractivity contribution in [2.75, 3.05) is 18.7 Å². The zero-order valence-corrected chi connectivity index (χ0v) is 9.68. The van der Waals surface area contributed by atoms with Gasteiger partial charge in [-0.05, 0) is 18.4 Å². The van der Waals surface area contributed by atoms with Crippen LogP contribution in [0, 0.1) is 0 Å². The highest BCUT2D eigenvalue weighted by atomic mass is 32.3. The van der Waals surface area contributed by atoms with Crippen LogP contribution in [0.3, 0.4) is 0 Å². The van der Waals surface area contributed by atoms with Crippen molar-refractivity contribution >= 4 is 28.1 Å². The number of rotatable bonds is 8. The number of aliphatic carboxylic acids is 1. The number of thioether (sulfide) groups is 1. The van der Waals surface area contributed by atoms with Crippen molar-refractivity contribution in [3.8, 4) is 0 Å². The summed E-state index contributed by atoms with van der Waals surface area (Å²) in [6.45, 7) is -0.565. The Kier molecular flexibility index (Phi) is 6.85. The SMILES string of the molecule is CSCCC(NCOS(=O)(=O)O)C(=O)O. The van der Waals surface area contributed by atoms with Crippen LogP contribution in [0.1, 0.15) is 6.42 Å². The first-order valence-electron chi connectivity index (χ1n) is 3.94. The summed E-state index contributed by atoms with van der Waals surface area (Å²) in [7, 11) is -4.53. The van der Waals surface area contributed by atoms with Crippen molar-refractivity contribution in [3.05, 3.63) is 0 Å². The van der Waals surface area contributed by atoms with Crippen molar-refractivity contribution in [2.24, 2.45) is 0 Å². The lowest BCUT2D eigenvalue weighted by Gasteiger charge is -2.12. The van der Waals surface area contributed by atoms with Crippen molar-refractivity contribution in [1.82, 2.24) is 5.32 Å². The number of hydrogen-bond donors (Lipinski definition) is 3. The van der Waals surface area contributed by atoms with Gasteiger partial charge < -0.3 is 5.11 Å². The summed E-state index contributed by atoms with van der Waals surface area (Å²) in [6.07, 6.45) is 2.17. The quantitative estimate of drug-likeness (QED) is 0.397. The molecule has 0 aromatic carbocycles. The summed E-state index contributed by atoms with van der Waals surface area (Å²) in [5, 5.41) is 11.0. The van der Waals surface area contributed by atoms with Crippen LogP contribution in [-0.2, 0) is 19.4 Å². The third kappa shape index (κ3) is 8.63. The average molecular weight is 259 g/mol. The molecule has 0 aromatic heterocycles. The Morgan fingerprint density at radius 1 is 1.60 bits per heavy atom. The first kappa shape index (κ1) is 14.6. The number of carboxylic acids is 1. The lowest BCUT2D eigenvalue weighted by molar-refractivity contribution is -0.139. The summed E-state index contributed by atoms with van der Waals surface area (Å²) in [6, 6.07) is -0.890. The maximum absolute atomic E-state index is 10.6. The van der Waals surface area contributed by atoms with Gasteiger partial charge in [0.2, 0.25) is 0 Å². The van der Waals surface area contributed by atoms with Crippen LogP contribution in [0.15, 0.2) is 0 Å². The van der Waals surface area contributed by atoms with E-state index in [0.717, 1.165) is 0 Å². The molecule has 0 fully saturated rings. The molecule has 15 heavy (non-hydrogen) atoms. The molecule has 0 spiro atoms. The Morgan fingerprint density at radius 3 is 2.60 bits per heavy atom. The molecule has 0 bridgehead atoms. The minimum atomic E-state index is -4.53. The van der Waals surface area contributed by atoms with Crippen LogP contribution in [0.2, 0.25) is 0 Å². The van der Waals surface area contributed by atoms with Gasteiger partial charge >= 0.3 is 16.4 Å². The molecule has 90 valence electrons. The molecule has 0 aliphatic carbocycles. The molecular weight excluding hydrogens is 246 g/mol. The fraction of sp³-hybridized carbons (Fsp3) is 0.833. The van der Waals surface area contributed by atoms with Crippen molar-refractivity contribution in [1.29, 1.82) is 0 Å². The predicted octanol–water partition coefficient (Wildman–Crippen LogP) is -0.441. The Hall–Kier alpha value is -0.350. The zero-order valence-electron chi connectivity index (χ0n) is 8.04. The van der Waals surface area contributed by atoms with Gasteiger partial charge in [0.1, 0.15) is 12.8 Å². The molecule has 1 unspecified atom stereocenters. The van der Waals surface area contributed by atoms with E-state index in [-0.39, 0.29) is 0 Å². The van der Waals surface area contributed by atoms with Crippen molar-refractivity contribution in [3.63, 3.8) is 0 Å². The summed E-state index contributed by atoms with van der Waals surface area (Å²) in [4.78, 5) is 10.6. The molecule has 0 radical (unpaired) electrons. The van der Waals surface area contributed by atoms with Crippen LogP contribution in [-0.4, -0.2) is 48.8 Å². The standard InChI is InChI=1S/C6H13NO6S2/c1-14-3-2-5(6(8)9)7-4-13-15(10,11)12/h5,7H,2-4H2,1H3,(H,8,9)(H,10,11,12). The molecule has 1 atom stereocenters. The van der Waals surface area contributed by atoms with E-state index in [2.05, 4.69) is 9.50 Å². The molecule has 7 nitrogen and oxygen atoms in total. The Bertz CT molecular complexity index is 290. The Morgan fingerprint density at radius 2 is 2.20 bits per heavy atom. The number of carbonyl (C=O) groups is 1. The van der Waals surface area contributed by atoms with E-state index in [0.29, 0.717) is 12.2 Å². The van der Waals surface area contributed by atoms with Gasteiger partial charge in [0.15, 0.2) is 0 Å². The van der Waals surface area contributed by atoms with Crippen LogP contribution >= 0.6 is 11.8 Å². The van der Waals surface area contributed by atoms with Gasteiger partial charge in [0, 0.05) is 0 Å². The van der Waals surface area contributed by atoms with Gasteiger partial charge in [-0.15, -0.1) is 0 Å². The third-order valence-electron chi connectivity index (χ3n) is 1.45. The van der Waals surface area contributed by atoms with E-state index < -0.39 is 29.1 Å². The predicted molar refractivity (Wildman–Crippen MR) is 55.1 cm³/mol. The highest BCUT2D eigenvalue weighted by Crippen LogP contribution is 2.00. The van der Waals surface area contributed by atoms with E-state index in [1.807, 2.05) is 6.26 Å². The fourth-order valence-electron chi connectivity index (χ4n) is 0.758. The lowest BCUT2D eigenvalue weighted by Crippen LogP contribution is -2.39. The fourth-order valence-corrected chi connectivity index (χ4v) is 1.45. The highest BCUT2D eigenvalue weighted by molar-refractivity contribution is 7.98. The number of hydrogen-bond acceptors (Lipinski definition) is 6. The third-order valence-corrected chi connectivity index (χ3v) is 2.51. The van der Waals surface area contributed by atoms with Crippen molar-refractivity contribution < 1.29 is 27.1 Å². The molecule has 0 saturated heterocycles. The summed E-state index contributed by atoms with van der Waals surface area (Å²) >= 11 is 1.47. The molecule has 0 amide bonds. The first-order valence-corrected chi connectivity index (χ1v) is 6.69. The van der Waals surface area contributed by atoms with Gasteiger partial charge in [0.05, 0.1) is 0 Å². The molecule has 3 N–H and O–H groups in total. The van der Waals surface area contributed by atoms with Gasteiger partial charge in [-0.2, -0.15) is 20.2 Å². The normalized spacial score (nSPS) is 13.7. The maximum atomic E-state index is 10.6. The minimum Gasteiger partial charge on any atom is -0.480 e. The summed E-state index contributed by atoms with van der Waals surface area (Å²) in [5.41, 5.74) is 0. The van der Waals surface area contributed by atoms with Crippen molar-refractivity contribution in [2.45, 2.75) is 12.5 Å². The van der Waals surface area contributed by atoms with Gasteiger partial charge in [-0.25, -0.2) is 4.18 Å². The van der Waals surface area contributed by atoms with E-state index in [9.17, 15) is 13.2 Å². The molecule has 9 heteroatoms. The van der Waals surface area contributed by atoms with E-state index in [4.69, 9.17) is 9.66 Å². The highest BCUT2D eigenvalue weighted by Gasteiger charge is 2.16. The maximum Gasteiger partial charge on any atom is 0.398 e. The van der Waals surface area contributed by atoms with E-state index in [1.165, 1.54) is 11.8 Å². The molecule has 0 aromatic rings. The molecule has 0 rings (SSSR count). The minimum absolute atomic E-state index is 0.339. The summed E-state index contributed by atoms with van der Waals surface area (Å²) < 4.78 is 32.4. The second kappa shape index (κ2) is 7.01. The second-order valence-electron chi connectivity index (χ2n) is 2.57. The van der Waals surface area contributed by atoms with E-state index >= 15 is 0 Å². The monoisotopic (exact) mass is 259 g/mol. The first-order chi connectivity index (χ1) is 6.87. The average Bonchev–Trinajstić information content (AvgIpc) is 2.08. The van der Waals surface area contributed by atoms with E-state index in [1.54, 1.807) is 0 Å². The largest absolute Gasteiger partial charge is 0.480 e. The Balaban J connectivity index is 3.91. The molecule has 0 saturated carbocycles. The lowest BCUT2D eigenvalue weighted by atomic mass is 10.2. The zero-order chi connectivity index (χ0) is 11.9. The molecular formula is C6H13NO6S2. The van der Waals surface area contributed by atoms with Crippen LogP contribution in [0.5, 0.6) is 0 Å². The summed E-state index contributed by atoms with van der Waals surface area (Å²) in [5.74, 6) is -0.474. The number of nitrogens with one attached hydrogen (secondary N) is 1. The van der Waals surface area contributed by atoms with Crippen LogP contribution in [0.4, 0.5) is 0 Å². The van der Waals surface area contributed by atoms with Crippen LogP contribution < -0.4 is 5.32 Å². The smallest absolute Gasteiger partial charge is 0.398 e. The van der Waals surface area contributed by atoms with Gasteiger partial charge in [0.25, 0.3) is 0 Å². The Labute approximate surface area is 92.1 Å². The molecule has 0 heterocycles. The molecule has 0 aliphatic rings. The topological polar surface area (TPSA) is 113 Å². The van der Waals surface area contributed by atoms with Crippen LogP contribution in [0.25, 0.3) is 0 Å². The van der Waals surface area contributed by atoms with Gasteiger partial charge in [-0.3, -0.25) is 14.7 Å². The molecule has 0 aliphatic heterocycles.